The number of nitrogens with zero attached hydrogens (tertiary/aromatic N) is 1. The molecular formula is C17H17Cl2NO3. The molecule has 1 aromatic heterocycles. The van der Waals surface area contributed by atoms with Gasteiger partial charge in [0.2, 0.25) is 0 Å². The van der Waals surface area contributed by atoms with Gasteiger partial charge >= 0.3 is 5.97 Å². The van der Waals surface area contributed by atoms with Gasteiger partial charge in [0.15, 0.2) is 5.76 Å². The van der Waals surface area contributed by atoms with E-state index in [9.17, 15) is 4.79 Å². The predicted molar refractivity (Wildman–Crippen MR) is 89.1 cm³/mol. The Hall–Kier alpha value is -1.52. The van der Waals surface area contributed by atoms with Gasteiger partial charge in [-0.05, 0) is 31.9 Å². The van der Waals surface area contributed by atoms with Crippen LogP contribution in [0.1, 0.15) is 54.6 Å². The molecule has 1 saturated carbocycles. The van der Waals surface area contributed by atoms with Crippen molar-refractivity contribution in [1.29, 1.82) is 0 Å². The molecule has 0 aliphatic heterocycles. The van der Waals surface area contributed by atoms with Gasteiger partial charge < -0.3 is 9.26 Å². The summed E-state index contributed by atoms with van der Waals surface area (Å²) in [5.41, 5.74) is 1.22. The molecule has 1 fully saturated rings. The van der Waals surface area contributed by atoms with Gasteiger partial charge in [-0.2, -0.15) is 0 Å². The van der Waals surface area contributed by atoms with Crippen LogP contribution in [-0.2, 0) is 4.74 Å². The van der Waals surface area contributed by atoms with E-state index in [1.807, 2.05) is 0 Å². The molecule has 6 heteroatoms. The van der Waals surface area contributed by atoms with E-state index in [-0.39, 0.29) is 12.5 Å². The van der Waals surface area contributed by atoms with E-state index in [1.54, 1.807) is 25.1 Å². The lowest BCUT2D eigenvalue weighted by Gasteiger charge is -2.09. The molecule has 1 heterocycles. The molecule has 0 bridgehead atoms. The van der Waals surface area contributed by atoms with Gasteiger partial charge in [0.25, 0.3) is 0 Å². The Morgan fingerprint density at radius 1 is 1.30 bits per heavy atom. The zero-order valence-electron chi connectivity index (χ0n) is 12.8. The largest absolute Gasteiger partial charge is 0.462 e. The fourth-order valence-electron chi connectivity index (χ4n) is 3.06. The summed E-state index contributed by atoms with van der Waals surface area (Å²) in [6.07, 6.45) is 4.21. The van der Waals surface area contributed by atoms with Crippen LogP contribution < -0.4 is 0 Å². The number of hydrogen-bond donors (Lipinski definition) is 0. The van der Waals surface area contributed by atoms with Crippen molar-refractivity contribution in [3.63, 3.8) is 0 Å². The molecule has 122 valence electrons. The minimum atomic E-state index is -0.443. The molecule has 0 atom stereocenters. The highest BCUT2D eigenvalue weighted by atomic mass is 35.5. The van der Waals surface area contributed by atoms with Gasteiger partial charge in [-0.3, -0.25) is 0 Å². The first kappa shape index (κ1) is 16.3. The lowest BCUT2D eigenvalue weighted by Crippen LogP contribution is -2.09. The molecule has 0 spiro atoms. The lowest BCUT2D eigenvalue weighted by molar-refractivity contribution is 0.0523. The smallest absolute Gasteiger partial charge is 0.344 e. The Labute approximate surface area is 144 Å². The minimum absolute atomic E-state index is 0.192. The third-order valence-corrected chi connectivity index (χ3v) is 4.75. The molecule has 23 heavy (non-hydrogen) atoms. The van der Waals surface area contributed by atoms with E-state index in [0.29, 0.717) is 32.6 Å². The average Bonchev–Trinajstić information content (AvgIpc) is 3.16. The van der Waals surface area contributed by atoms with Crippen molar-refractivity contribution < 1.29 is 14.1 Å². The summed E-state index contributed by atoms with van der Waals surface area (Å²) in [6, 6.07) is 5.17. The molecule has 2 aromatic rings. The first-order chi connectivity index (χ1) is 11.1. The highest BCUT2D eigenvalue weighted by Gasteiger charge is 2.33. The highest BCUT2D eigenvalue weighted by molar-refractivity contribution is 6.39. The van der Waals surface area contributed by atoms with Crippen molar-refractivity contribution in [2.45, 2.75) is 38.5 Å². The number of ether oxygens (including phenoxy) is 1. The molecule has 0 amide bonds. The maximum Gasteiger partial charge on any atom is 0.344 e. The van der Waals surface area contributed by atoms with Crippen LogP contribution in [-0.4, -0.2) is 17.7 Å². The fourth-order valence-corrected chi connectivity index (χ4v) is 3.64. The number of rotatable bonds is 4. The lowest BCUT2D eigenvalue weighted by atomic mass is 9.97. The number of benzene rings is 1. The summed E-state index contributed by atoms with van der Waals surface area (Å²) in [7, 11) is 0. The predicted octanol–water partition coefficient (Wildman–Crippen LogP) is 5.48. The molecule has 0 saturated heterocycles. The van der Waals surface area contributed by atoms with E-state index in [4.69, 9.17) is 32.5 Å². The first-order valence-electron chi connectivity index (χ1n) is 7.74. The third-order valence-electron chi connectivity index (χ3n) is 4.12. The maximum atomic E-state index is 12.5. The number of esters is 1. The minimum Gasteiger partial charge on any atom is -0.462 e. The van der Waals surface area contributed by atoms with Crippen LogP contribution in [0.15, 0.2) is 22.7 Å². The SMILES string of the molecule is CCOC(=O)c1c(-c2c(Cl)cccc2Cl)noc1C1CCCC1. The monoisotopic (exact) mass is 353 g/mol. The molecule has 1 aliphatic rings. The molecule has 1 aromatic carbocycles. The number of carbonyl (C=O) groups is 1. The van der Waals surface area contributed by atoms with Gasteiger partial charge in [0.1, 0.15) is 11.3 Å². The van der Waals surface area contributed by atoms with E-state index in [1.165, 1.54) is 0 Å². The summed E-state index contributed by atoms with van der Waals surface area (Å²) < 4.78 is 10.7. The molecule has 4 nitrogen and oxygen atoms in total. The maximum absolute atomic E-state index is 12.5. The molecule has 0 N–H and O–H groups in total. The molecule has 1 aliphatic carbocycles. The Balaban J connectivity index is 2.15. The van der Waals surface area contributed by atoms with Gasteiger partial charge in [-0.15, -0.1) is 0 Å². The van der Waals surface area contributed by atoms with Crippen molar-refractivity contribution in [1.82, 2.24) is 5.16 Å². The fraction of sp³-hybridized carbons (Fsp3) is 0.412. The second-order valence-corrected chi connectivity index (χ2v) is 6.38. The molecule has 0 unspecified atom stereocenters. The van der Waals surface area contributed by atoms with Crippen LogP contribution >= 0.6 is 23.2 Å². The number of hydrogen-bond acceptors (Lipinski definition) is 4. The van der Waals surface area contributed by atoms with Crippen molar-refractivity contribution in [2.24, 2.45) is 0 Å². The summed E-state index contributed by atoms with van der Waals surface area (Å²) >= 11 is 12.5. The van der Waals surface area contributed by atoms with Gasteiger partial charge in [0, 0.05) is 11.5 Å². The van der Waals surface area contributed by atoms with Crippen molar-refractivity contribution in [3.8, 4) is 11.3 Å². The van der Waals surface area contributed by atoms with Crippen LogP contribution in [0.4, 0.5) is 0 Å². The third kappa shape index (κ3) is 3.10. The second kappa shape index (κ2) is 6.93. The normalized spacial score (nSPS) is 15.1. The van der Waals surface area contributed by atoms with Crippen LogP contribution in [0.3, 0.4) is 0 Å². The van der Waals surface area contributed by atoms with Crippen molar-refractivity contribution in [2.75, 3.05) is 6.61 Å². The number of halogens is 2. The number of carbonyl (C=O) groups excluding carboxylic acids is 1. The quantitative estimate of drug-likeness (QED) is 0.682. The second-order valence-electron chi connectivity index (χ2n) is 5.57. The van der Waals surface area contributed by atoms with Gasteiger partial charge in [-0.1, -0.05) is 47.3 Å². The van der Waals surface area contributed by atoms with Crippen LogP contribution in [0, 0.1) is 0 Å². The van der Waals surface area contributed by atoms with Crippen molar-refractivity contribution >= 4 is 29.2 Å². The summed E-state index contributed by atoms with van der Waals surface area (Å²) in [5.74, 6) is 0.338. The standard InChI is InChI=1S/C17H17Cl2NO3/c1-2-22-17(21)14-15(13-11(18)8-5-9-12(13)19)20-23-16(14)10-6-3-4-7-10/h5,8-10H,2-4,6-7H2,1H3. The topological polar surface area (TPSA) is 52.3 Å². The number of aromatic nitrogens is 1. The van der Waals surface area contributed by atoms with E-state index < -0.39 is 5.97 Å². The zero-order chi connectivity index (χ0) is 16.4. The Morgan fingerprint density at radius 2 is 1.96 bits per heavy atom. The Morgan fingerprint density at radius 3 is 2.57 bits per heavy atom. The van der Waals surface area contributed by atoms with E-state index in [2.05, 4.69) is 5.16 Å². The molecule has 0 radical (unpaired) electrons. The van der Waals surface area contributed by atoms with Crippen LogP contribution in [0.25, 0.3) is 11.3 Å². The first-order valence-corrected chi connectivity index (χ1v) is 8.50. The van der Waals surface area contributed by atoms with E-state index >= 15 is 0 Å². The van der Waals surface area contributed by atoms with Gasteiger partial charge in [0.05, 0.1) is 16.7 Å². The summed E-state index contributed by atoms with van der Waals surface area (Å²) in [4.78, 5) is 12.5. The highest BCUT2D eigenvalue weighted by Crippen LogP contribution is 2.42. The van der Waals surface area contributed by atoms with Crippen LogP contribution in [0.5, 0.6) is 0 Å². The zero-order valence-corrected chi connectivity index (χ0v) is 14.3. The van der Waals surface area contributed by atoms with Crippen molar-refractivity contribution in [3.05, 3.63) is 39.6 Å². The van der Waals surface area contributed by atoms with Crippen LogP contribution in [0.2, 0.25) is 10.0 Å². The Bertz CT molecular complexity index is 700. The average molecular weight is 354 g/mol. The molecule has 3 rings (SSSR count). The van der Waals surface area contributed by atoms with Gasteiger partial charge in [-0.25, -0.2) is 4.79 Å². The molecular weight excluding hydrogens is 337 g/mol. The Kier molecular flexibility index (Phi) is 4.93. The summed E-state index contributed by atoms with van der Waals surface area (Å²) in [5, 5.41) is 4.96. The van der Waals surface area contributed by atoms with E-state index in [0.717, 1.165) is 25.7 Å². The summed E-state index contributed by atoms with van der Waals surface area (Å²) in [6.45, 7) is 2.05.